The zero-order valence-corrected chi connectivity index (χ0v) is 7.97. The van der Waals surface area contributed by atoms with Crippen LogP contribution in [0.2, 0.25) is 5.15 Å². The summed E-state index contributed by atoms with van der Waals surface area (Å²) in [5.74, 6) is 0. The van der Waals surface area contributed by atoms with E-state index in [9.17, 15) is 4.79 Å². The van der Waals surface area contributed by atoms with Gasteiger partial charge < -0.3 is 10.3 Å². The molecule has 1 aliphatic heterocycles. The number of halogens is 1. The summed E-state index contributed by atoms with van der Waals surface area (Å²) in [5, 5.41) is 3.76. The van der Waals surface area contributed by atoms with Gasteiger partial charge in [-0.15, -0.1) is 0 Å². The van der Waals surface area contributed by atoms with E-state index in [2.05, 4.69) is 10.3 Å². The van der Waals surface area contributed by atoms with Gasteiger partial charge in [0.2, 0.25) is 0 Å². The predicted octanol–water partition coefficient (Wildman–Crippen LogP) is 0.754. The lowest BCUT2D eigenvalue weighted by atomic mass is 10.1. The van der Waals surface area contributed by atoms with Crippen LogP contribution >= 0.6 is 11.6 Å². The van der Waals surface area contributed by atoms with E-state index in [0.717, 1.165) is 25.9 Å². The lowest BCUT2D eigenvalue weighted by Gasteiger charge is -2.23. The Balaban J connectivity index is 2.27. The molecule has 2 heterocycles. The van der Waals surface area contributed by atoms with Crippen molar-refractivity contribution in [1.29, 1.82) is 0 Å². The highest BCUT2D eigenvalue weighted by Crippen LogP contribution is 2.20. The van der Waals surface area contributed by atoms with Crippen molar-refractivity contribution in [2.24, 2.45) is 0 Å². The predicted molar refractivity (Wildman–Crippen MR) is 51.2 cm³/mol. The molecule has 0 amide bonds. The van der Waals surface area contributed by atoms with E-state index in [-0.39, 0.29) is 11.7 Å². The summed E-state index contributed by atoms with van der Waals surface area (Å²) in [5.41, 5.74) is -0.100. The Kier molecular flexibility index (Phi) is 2.42. The number of nitrogens with zero attached hydrogens (tertiary/aromatic N) is 1. The maximum atomic E-state index is 11.3. The highest BCUT2D eigenvalue weighted by molar-refractivity contribution is 6.29. The lowest BCUT2D eigenvalue weighted by Crippen LogP contribution is -2.33. The van der Waals surface area contributed by atoms with Crippen LogP contribution in [0.5, 0.6) is 0 Å². The van der Waals surface area contributed by atoms with Gasteiger partial charge in [-0.05, 0) is 25.9 Å². The summed E-state index contributed by atoms with van der Waals surface area (Å²) in [6.45, 7) is 1.91. The molecule has 1 aromatic heterocycles. The van der Waals surface area contributed by atoms with Gasteiger partial charge >= 0.3 is 5.69 Å². The van der Waals surface area contributed by atoms with Gasteiger partial charge in [0.1, 0.15) is 5.15 Å². The number of aromatic amines is 1. The first-order valence-electron chi connectivity index (χ1n) is 4.45. The fourth-order valence-electron chi connectivity index (χ4n) is 1.76. The summed E-state index contributed by atoms with van der Waals surface area (Å²) in [6, 6.07) is 0.257. The van der Waals surface area contributed by atoms with Gasteiger partial charge in [0, 0.05) is 12.2 Å². The summed E-state index contributed by atoms with van der Waals surface area (Å²) in [7, 11) is 0. The first-order chi connectivity index (χ1) is 6.29. The fraction of sp³-hybridized carbons (Fsp3) is 0.625. The minimum Gasteiger partial charge on any atom is -0.317 e. The maximum Gasteiger partial charge on any atom is 0.326 e. The zero-order chi connectivity index (χ0) is 9.26. The molecule has 0 aliphatic carbocycles. The van der Waals surface area contributed by atoms with Crippen LogP contribution in [-0.2, 0) is 0 Å². The van der Waals surface area contributed by atoms with E-state index in [1.165, 1.54) is 0 Å². The first kappa shape index (κ1) is 8.84. The Labute approximate surface area is 80.9 Å². The Morgan fingerprint density at radius 1 is 1.46 bits per heavy atom. The standard InChI is InChI=1S/C8H12ClN3O/c9-7-5-11-8(13)12(7)6-1-3-10-4-2-6/h5-6,10H,1-4H2,(H,11,13). The molecule has 0 aromatic carbocycles. The number of H-pyrrole nitrogens is 1. The van der Waals surface area contributed by atoms with E-state index in [1.807, 2.05) is 0 Å². The molecule has 1 fully saturated rings. The van der Waals surface area contributed by atoms with E-state index in [4.69, 9.17) is 11.6 Å². The van der Waals surface area contributed by atoms with Gasteiger partial charge in [0.05, 0.1) is 0 Å². The van der Waals surface area contributed by atoms with Gasteiger partial charge in [-0.3, -0.25) is 4.57 Å². The molecule has 1 aromatic rings. The second-order valence-electron chi connectivity index (χ2n) is 3.27. The molecule has 1 saturated heterocycles. The van der Waals surface area contributed by atoms with Gasteiger partial charge in [-0.25, -0.2) is 4.79 Å². The van der Waals surface area contributed by atoms with E-state index in [0.29, 0.717) is 5.15 Å². The quantitative estimate of drug-likeness (QED) is 0.705. The topological polar surface area (TPSA) is 49.8 Å². The summed E-state index contributed by atoms with van der Waals surface area (Å²) in [4.78, 5) is 13.9. The molecule has 0 radical (unpaired) electrons. The van der Waals surface area contributed by atoms with Crippen molar-refractivity contribution >= 4 is 11.6 Å². The molecule has 0 saturated carbocycles. The Morgan fingerprint density at radius 3 is 2.69 bits per heavy atom. The SMILES string of the molecule is O=c1[nH]cc(Cl)n1C1CCNCC1. The molecular formula is C8H12ClN3O. The third-order valence-electron chi connectivity index (χ3n) is 2.44. The van der Waals surface area contributed by atoms with E-state index in [1.54, 1.807) is 10.8 Å². The first-order valence-corrected chi connectivity index (χ1v) is 4.83. The molecule has 2 rings (SSSR count). The molecule has 0 bridgehead atoms. The number of piperidine rings is 1. The minimum atomic E-state index is -0.100. The Bertz CT molecular complexity index is 337. The second kappa shape index (κ2) is 3.55. The normalized spacial score (nSPS) is 19.2. The minimum absolute atomic E-state index is 0.100. The van der Waals surface area contributed by atoms with Crippen molar-refractivity contribution in [2.45, 2.75) is 18.9 Å². The van der Waals surface area contributed by atoms with Crippen LogP contribution in [0.25, 0.3) is 0 Å². The molecule has 2 N–H and O–H groups in total. The van der Waals surface area contributed by atoms with E-state index >= 15 is 0 Å². The molecule has 0 spiro atoms. The number of aromatic nitrogens is 2. The van der Waals surface area contributed by atoms with E-state index < -0.39 is 0 Å². The highest BCUT2D eigenvalue weighted by Gasteiger charge is 2.18. The van der Waals surface area contributed by atoms with Crippen LogP contribution in [-0.4, -0.2) is 22.6 Å². The smallest absolute Gasteiger partial charge is 0.317 e. The average molecular weight is 202 g/mol. The third-order valence-corrected chi connectivity index (χ3v) is 2.73. The van der Waals surface area contributed by atoms with Crippen molar-refractivity contribution in [3.8, 4) is 0 Å². The molecule has 0 unspecified atom stereocenters. The van der Waals surface area contributed by atoms with Crippen LogP contribution < -0.4 is 11.0 Å². The molecule has 0 atom stereocenters. The molecule has 5 heteroatoms. The molecular weight excluding hydrogens is 190 g/mol. The largest absolute Gasteiger partial charge is 0.326 e. The molecule has 13 heavy (non-hydrogen) atoms. The molecule has 72 valence electrons. The number of imidazole rings is 1. The summed E-state index contributed by atoms with van der Waals surface area (Å²) < 4.78 is 1.64. The summed E-state index contributed by atoms with van der Waals surface area (Å²) >= 11 is 5.89. The Morgan fingerprint density at radius 2 is 2.15 bits per heavy atom. The Hall–Kier alpha value is -0.740. The number of hydrogen-bond acceptors (Lipinski definition) is 2. The zero-order valence-electron chi connectivity index (χ0n) is 7.22. The number of hydrogen-bond donors (Lipinski definition) is 2. The van der Waals surface area contributed by atoms with Gasteiger partial charge in [0.15, 0.2) is 0 Å². The third kappa shape index (κ3) is 1.64. The van der Waals surface area contributed by atoms with Gasteiger partial charge in [-0.2, -0.15) is 0 Å². The molecule has 4 nitrogen and oxygen atoms in total. The van der Waals surface area contributed by atoms with Crippen LogP contribution in [0.15, 0.2) is 11.0 Å². The van der Waals surface area contributed by atoms with Crippen LogP contribution in [0.1, 0.15) is 18.9 Å². The van der Waals surface area contributed by atoms with Gasteiger partial charge in [0.25, 0.3) is 0 Å². The van der Waals surface area contributed by atoms with Crippen molar-refractivity contribution in [3.63, 3.8) is 0 Å². The van der Waals surface area contributed by atoms with Crippen LogP contribution in [0, 0.1) is 0 Å². The number of rotatable bonds is 1. The van der Waals surface area contributed by atoms with Crippen molar-refractivity contribution < 1.29 is 0 Å². The highest BCUT2D eigenvalue weighted by atomic mass is 35.5. The van der Waals surface area contributed by atoms with Crippen molar-refractivity contribution in [3.05, 3.63) is 21.8 Å². The lowest BCUT2D eigenvalue weighted by molar-refractivity contribution is 0.362. The summed E-state index contributed by atoms with van der Waals surface area (Å²) in [6.07, 6.45) is 3.49. The molecule has 1 aliphatic rings. The fourth-order valence-corrected chi connectivity index (χ4v) is 2.03. The van der Waals surface area contributed by atoms with Crippen LogP contribution in [0.3, 0.4) is 0 Å². The van der Waals surface area contributed by atoms with Crippen molar-refractivity contribution in [2.75, 3.05) is 13.1 Å². The maximum absolute atomic E-state index is 11.3. The average Bonchev–Trinajstić information content (AvgIpc) is 2.48. The second-order valence-corrected chi connectivity index (χ2v) is 3.65. The monoisotopic (exact) mass is 201 g/mol. The number of nitrogens with one attached hydrogen (secondary N) is 2. The van der Waals surface area contributed by atoms with Crippen molar-refractivity contribution in [1.82, 2.24) is 14.9 Å². The van der Waals surface area contributed by atoms with Crippen LogP contribution in [0.4, 0.5) is 0 Å². The van der Waals surface area contributed by atoms with Gasteiger partial charge in [-0.1, -0.05) is 11.6 Å².